The van der Waals surface area contributed by atoms with Gasteiger partial charge in [0.25, 0.3) is 0 Å². The van der Waals surface area contributed by atoms with Gasteiger partial charge in [0.15, 0.2) is 5.78 Å². The molecule has 0 saturated heterocycles. The minimum absolute atomic E-state index is 0.0119. The Balaban J connectivity index is 1.93. The molecule has 0 aliphatic rings. The van der Waals surface area contributed by atoms with Gasteiger partial charge >= 0.3 is 0 Å². The third kappa shape index (κ3) is 4.84. The number of ketones is 1. The van der Waals surface area contributed by atoms with Crippen molar-refractivity contribution in [2.75, 3.05) is 0 Å². The van der Waals surface area contributed by atoms with E-state index in [0.29, 0.717) is 10.5 Å². The average Bonchev–Trinajstić information content (AvgIpc) is 2.68. The second-order valence-corrected chi connectivity index (χ2v) is 7.32. The standard InChI is InChI=1S/C22H16F2O3S/c23-16-10-8-14(9-11-16)21(13-19(25)15-4-3-5-17(24)12-15)28-20-7-2-1-6-18(20)22(26)27/h1-12,21H,13H2,(H,26,27)/p-1/t21-/m0/s1. The summed E-state index contributed by atoms with van der Waals surface area (Å²) in [6.45, 7) is 0. The largest absolute Gasteiger partial charge is 0.545 e. The zero-order valence-corrected chi connectivity index (χ0v) is 15.4. The van der Waals surface area contributed by atoms with Crippen LogP contribution in [0, 0.1) is 11.6 Å². The van der Waals surface area contributed by atoms with Gasteiger partial charge in [-0.3, -0.25) is 4.79 Å². The fraction of sp³-hybridized carbons (Fsp3) is 0.0909. The number of hydrogen-bond donors (Lipinski definition) is 0. The summed E-state index contributed by atoms with van der Waals surface area (Å²) in [5.41, 5.74) is 0.892. The highest BCUT2D eigenvalue weighted by Crippen LogP contribution is 2.40. The van der Waals surface area contributed by atoms with Crippen LogP contribution in [0.1, 0.15) is 38.0 Å². The molecule has 0 amide bonds. The number of halogens is 2. The Hall–Kier alpha value is -2.99. The lowest BCUT2D eigenvalue weighted by molar-refractivity contribution is -0.255. The molecule has 0 N–H and O–H groups in total. The number of rotatable bonds is 7. The molecule has 0 unspecified atom stereocenters. The number of hydrogen-bond acceptors (Lipinski definition) is 4. The molecule has 142 valence electrons. The van der Waals surface area contributed by atoms with Crippen molar-refractivity contribution in [1.82, 2.24) is 0 Å². The molecule has 0 heterocycles. The van der Waals surface area contributed by atoms with Gasteiger partial charge in [0, 0.05) is 27.7 Å². The summed E-state index contributed by atoms with van der Waals surface area (Å²) in [5, 5.41) is 10.9. The van der Waals surface area contributed by atoms with E-state index in [1.165, 1.54) is 48.2 Å². The Morgan fingerprint density at radius 1 is 0.893 bits per heavy atom. The van der Waals surface area contributed by atoms with Crippen LogP contribution in [0.4, 0.5) is 8.78 Å². The topological polar surface area (TPSA) is 57.2 Å². The molecular formula is C22H15F2O3S-. The Morgan fingerprint density at radius 3 is 2.29 bits per heavy atom. The summed E-state index contributed by atoms with van der Waals surface area (Å²) < 4.78 is 26.8. The minimum Gasteiger partial charge on any atom is -0.545 e. The number of carbonyl (C=O) groups is 2. The van der Waals surface area contributed by atoms with Gasteiger partial charge in [0.1, 0.15) is 11.6 Å². The molecule has 0 bridgehead atoms. The molecule has 0 aromatic heterocycles. The maximum atomic E-state index is 13.4. The molecule has 3 nitrogen and oxygen atoms in total. The summed E-state index contributed by atoms with van der Waals surface area (Å²) in [5.74, 6) is -2.55. The van der Waals surface area contributed by atoms with Gasteiger partial charge in [-0.15, -0.1) is 11.8 Å². The number of aromatic carboxylic acids is 1. The third-order valence-electron chi connectivity index (χ3n) is 4.14. The maximum Gasteiger partial charge on any atom is 0.164 e. The Labute approximate surface area is 165 Å². The van der Waals surface area contributed by atoms with E-state index in [-0.39, 0.29) is 23.3 Å². The van der Waals surface area contributed by atoms with Crippen LogP contribution in [0.25, 0.3) is 0 Å². The normalized spacial score (nSPS) is 11.8. The Bertz CT molecular complexity index is 1000. The first-order chi connectivity index (χ1) is 13.4. The molecule has 0 radical (unpaired) electrons. The first-order valence-corrected chi connectivity index (χ1v) is 9.33. The minimum atomic E-state index is -1.32. The van der Waals surface area contributed by atoms with Crippen molar-refractivity contribution in [3.05, 3.63) is 101 Å². The zero-order valence-electron chi connectivity index (χ0n) is 14.6. The van der Waals surface area contributed by atoms with Gasteiger partial charge in [0.05, 0.1) is 5.97 Å². The summed E-state index contributed by atoms with van der Waals surface area (Å²) in [7, 11) is 0. The van der Waals surface area contributed by atoms with Crippen molar-refractivity contribution >= 4 is 23.5 Å². The van der Waals surface area contributed by atoms with Crippen LogP contribution in [0.15, 0.2) is 77.7 Å². The lowest BCUT2D eigenvalue weighted by Crippen LogP contribution is -2.23. The molecule has 28 heavy (non-hydrogen) atoms. The predicted molar refractivity (Wildman–Crippen MR) is 101 cm³/mol. The molecule has 0 aliphatic heterocycles. The zero-order chi connectivity index (χ0) is 20.1. The highest BCUT2D eigenvalue weighted by Gasteiger charge is 2.20. The van der Waals surface area contributed by atoms with E-state index in [2.05, 4.69) is 0 Å². The molecule has 3 aromatic carbocycles. The lowest BCUT2D eigenvalue weighted by atomic mass is 10.0. The quantitative estimate of drug-likeness (QED) is 0.437. The second-order valence-electron chi connectivity index (χ2n) is 6.08. The molecule has 0 spiro atoms. The number of benzene rings is 3. The van der Waals surface area contributed by atoms with E-state index >= 15 is 0 Å². The molecular weight excluding hydrogens is 382 g/mol. The van der Waals surface area contributed by atoms with Crippen molar-refractivity contribution < 1.29 is 23.5 Å². The fourth-order valence-corrected chi connectivity index (χ4v) is 4.01. The smallest absolute Gasteiger partial charge is 0.164 e. The van der Waals surface area contributed by atoms with Crippen LogP contribution < -0.4 is 5.11 Å². The van der Waals surface area contributed by atoms with Gasteiger partial charge in [0.2, 0.25) is 0 Å². The molecule has 3 rings (SSSR count). The number of carbonyl (C=O) groups excluding carboxylic acids is 2. The van der Waals surface area contributed by atoms with Crippen molar-refractivity contribution in [1.29, 1.82) is 0 Å². The lowest BCUT2D eigenvalue weighted by Gasteiger charge is -2.19. The number of thioether (sulfide) groups is 1. The van der Waals surface area contributed by atoms with Crippen LogP contribution in [-0.4, -0.2) is 11.8 Å². The summed E-state index contributed by atoms with van der Waals surface area (Å²) >= 11 is 1.17. The van der Waals surface area contributed by atoms with Gasteiger partial charge in [-0.1, -0.05) is 42.5 Å². The number of carboxylic acid groups (broad SMARTS) is 1. The van der Waals surface area contributed by atoms with Gasteiger partial charge in [-0.2, -0.15) is 0 Å². The van der Waals surface area contributed by atoms with Crippen LogP contribution >= 0.6 is 11.8 Å². The van der Waals surface area contributed by atoms with Gasteiger partial charge in [-0.25, -0.2) is 8.78 Å². The van der Waals surface area contributed by atoms with E-state index in [1.807, 2.05) is 0 Å². The average molecular weight is 397 g/mol. The van der Waals surface area contributed by atoms with Gasteiger partial charge in [-0.05, 0) is 35.9 Å². The van der Waals surface area contributed by atoms with E-state index in [1.54, 1.807) is 30.3 Å². The monoisotopic (exact) mass is 397 g/mol. The van der Waals surface area contributed by atoms with E-state index in [4.69, 9.17) is 0 Å². The highest BCUT2D eigenvalue weighted by atomic mass is 32.2. The van der Waals surface area contributed by atoms with Crippen molar-refractivity contribution in [3.8, 4) is 0 Å². The van der Waals surface area contributed by atoms with Crippen LogP contribution in [0.5, 0.6) is 0 Å². The van der Waals surface area contributed by atoms with E-state index < -0.39 is 22.9 Å². The molecule has 0 fully saturated rings. The molecule has 3 aromatic rings. The molecule has 6 heteroatoms. The van der Waals surface area contributed by atoms with E-state index in [9.17, 15) is 23.5 Å². The molecule has 1 atom stereocenters. The predicted octanol–water partition coefficient (Wildman–Crippen LogP) is 4.43. The molecule has 0 aliphatic carbocycles. The SMILES string of the molecule is O=C(C[C@H](Sc1ccccc1C(=O)[O-])c1ccc(F)cc1)c1cccc(F)c1. The first-order valence-electron chi connectivity index (χ1n) is 8.45. The Kier molecular flexibility index (Phi) is 6.21. The van der Waals surface area contributed by atoms with Crippen molar-refractivity contribution in [2.24, 2.45) is 0 Å². The highest BCUT2D eigenvalue weighted by molar-refractivity contribution is 7.99. The van der Waals surface area contributed by atoms with Crippen molar-refractivity contribution in [3.63, 3.8) is 0 Å². The first kappa shape index (κ1) is 19.8. The number of carboxylic acids is 1. The third-order valence-corrected chi connectivity index (χ3v) is 5.47. The number of Topliss-reactive ketones (excluding diaryl/α,β-unsaturated/α-hetero) is 1. The summed E-state index contributed by atoms with van der Waals surface area (Å²) in [6, 6.07) is 17.4. The molecule has 0 saturated carbocycles. The van der Waals surface area contributed by atoms with Crippen molar-refractivity contribution in [2.45, 2.75) is 16.6 Å². The fourth-order valence-electron chi connectivity index (χ4n) is 2.74. The second kappa shape index (κ2) is 8.80. The van der Waals surface area contributed by atoms with Crippen LogP contribution in [0.3, 0.4) is 0 Å². The van der Waals surface area contributed by atoms with E-state index in [0.717, 1.165) is 6.07 Å². The van der Waals surface area contributed by atoms with Crippen LogP contribution in [0.2, 0.25) is 0 Å². The maximum absolute atomic E-state index is 13.4. The summed E-state index contributed by atoms with van der Waals surface area (Å²) in [6.07, 6.45) is -0.0128. The summed E-state index contributed by atoms with van der Waals surface area (Å²) in [4.78, 5) is 24.5. The van der Waals surface area contributed by atoms with Gasteiger partial charge < -0.3 is 9.90 Å². The van der Waals surface area contributed by atoms with Crippen LogP contribution in [-0.2, 0) is 0 Å². The Morgan fingerprint density at radius 2 is 1.61 bits per heavy atom.